The first kappa shape index (κ1) is 15.5. The highest BCUT2D eigenvalue weighted by atomic mass is 127. The molecule has 0 unspecified atom stereocenters. The molecular formula is C17H16ClIO. The van der Waals surface area contributed by atoms with Crippen molar-refractivity contribution in [3.05, 3.63) is 66.7 Å². The van der Waals surface area contributed by atoms with Gasteiger partial charge in [-0.2, -0.15) is 0 Å². The summed E-state index contributed by atoms with van der Waals surface area (Å²) in [4.78, 5) is 12.5. The van der Waals surface area contributed by atoms with E-state index in [0.29, 0.717) is 17.0 Å². The monoisotopic (exact) mass is 398 g/mol. The third-order valence-electron chi connectivity index (χ3n) is 3.41. The molecule has 0 saturated carbocycles. The van der Waals surface area contributed by atoms with Gasteiger partial charge in [-0.25, -0.2) is 0 Å². The maximum Gasteiger partial charge on any atom is 0.168 e. The van der Waals surface area contributed by atoms with Crippen LogP contribution in [0.2, 0.25) is 5.02 Å². The van der Waals surface area contributed by atoms with Crippen molar-refractivity contribution in [3.63, 3.8) is 0 Å². The molecule has 20 heavy (non-hydrogen) atoms. The zero-order chi connectivity index (χ0) is 14.9. The molecule has 0 aromatic heterocycles. The molecule has 0 N–H and O–H groups in total. The van der Waals surface area contributed by atoms with Gasteiger partial charge in [0.15, 0.2) is 5.78 Å². The molecule has 2 rings (SSSR count). The summed E-state index contributed by atoms with van der Waals surface area (Å²) in [5.74, 6) is 0.118. The molecular weight excluding hydrogens is 383 g/mol. The van der Waals surface area contributed by atoms with E-state index < -0.39 is 0 Å². The van der Waals surface area contributed by atoms with E-state index in [4.69, 9.17) is 11.6 Å². The molecule has 0 bridgehead atoms. The average molecular weight is 399 g/mol. The maximum atomic E-state index is 12.5. The Morgan fingerprint density at radius 1 is 1.10 bits per heavy atom. The lowest BCUT2D eigenvalue weighted by Crippen LogP contribution is -2.08. The van der Waals surface area contributed by atoms with Crippen molar-refractivity contribution in [2.24, 2.45) is 0 Å². The molecule has 2 aromatic carbocycles. The Balaban J connectivity index is 2.35. The molecule has 3 heteroatoms. The molecule has 0 heterocycles. The number of benzene rings is 2. The molecule has 0 radical (unpaired) electrons. The van der Waals surface area contributed by atoms with Crippen LogP contribution in [0.1, 0.15) is 32.6 Å². The van der Waals surface area contributed by atoms with E-state index in [2.05, 4.69) is 55.5 Å². The summed E-state index contributed by atoms with van der Waals surface area (Å²) in [5, 5.41) is 0.603. The number of hydrogen-bond acceptors (Lipinski definition) is 1. The lowest BCUT2D eigenvalue weighted by Gasteiger charge is -2.11. The fourth-order valence-corrected chi connectivity index (χ4v) is 3.26. The van der Waals surface area contributed by atoms with Crippen molar-refractivity contribution in [1.29, 1.82) is 0 Å². The highest BCUT2D eigenvalue weighted by molar-refractivity contribution is 14.1. The Kier molecular flexibility index (Phi) is 4.86. The third kappa shape index (κ3) is 3.41. The minimum atomic E-state index is 0.118. The number of halogens is 2. The van der Waals surface area contributed by atoms with Gasteiger partial charge in [-0.15, -0.1) is 0 Å². The first-order chi connectivity index (χ1) is 9.38. The van der Waals surface area contributed by atoms with Gasteiger partial charge in [-0.1, -0.05) is 29.3 Å². The summed E-state index contributed by atoms with van der Waals surface area (Å²) in [7, 11) is 0. The first-order valence-electron chi connectivity index (χ1n) is 6.43. The Labute approximate surface area is 138 Å². The van der Waals surface area contributed by atoms with Crippen molar-refractivity contribution in [1.82, 2.24) is 0 Å². The summed E-state index contributed by atoms with van der Waals surface area (Å²) in [6.45, 7) is 6.20. The van der Waals surface area contributed by atoms with Gasteiger partial charge in [-0.05, 0) is 78.3 Å². The van der Waals surface area contributed by atoms with Crippen LogP contribution in [0.3, 0.4) is 0 Å². The average Bonchev–Trinajstić information content (AvgIpc) is 2.36. The third-order valence-corrected chi connectivity index (χ3v) is 4.58. The van der Waals surface area contributed by atoms with E-state index >= 15 is 0 Å². The molecule has 0 aliphatic heterocycles. The van der Waals surface area contributed by atoms with Crippen LogP contribution in [0.4, 0.5) is 0 Å². The predicted octanol–water partition coefficient (Wildman–Crippen LogP) is 5.30. The zero-order valence-electron chi connectivity index (χ0n) is 11.8. The van der Waals surface area contributed by atoms with Crippen molar-refractivity contribution < 1.29 is 4.79 Å². The van der Waals surface area contributed by atoms with E-state index in [-0.39, 0.29) is 5.78 Å². The standard InChI is InChI=1S/C17H16ClIO/c1-10-6-11(2)14(12(3)7-10)9-17(20)15-8-13(18)4-5-16(15)19/h4-8H,9H2,1-3H3. The molecule has 0 fully saturated rings. The SMILES string of the molecule is Cc1cc(C)c(CC(=O)c2cc(Cl)ccc2I)c(C)c1. The smallest absolute Gasteiger partial charge is 0.168 e. The quantitative estimate of drug-likeness (QED) is 0.507. The fourth-order valence-electron chi connectivity index (χ4n) is 2.46. The molecule has 0 aliphatic carbocycles. The number of Topliss-reactive ketones (excluding diaryl/α,β-unsaturated/α-hetero) is 1. The summed E-state index contributed by atoms with van der Waals surface area (Å²) in [6.07, 6.45) is 0.425. The molecule has 104 valence electrons. The maximum absolute atomic E-state index is 12.5. The van der Waals surface area contributed by atoms with Crippen LogP contribution in [-0.4, -0.2) is 5.78 Å². The second-order valence-electron chi connectivity index (χ2n) is 5.10. The first-order valence-corrected chi connectivity index (χ1v) is 7.89. The van der Waals surface area contributed by atoms with E-state index in [0.717, 1.165) is 9.13 Å². The van der Waals surface area contributed by atoms with E-state index in [1.807, 2.05) is 12.1 Å². The second-order valence-corrected chi connectivity index (χ2v) is 6.70. The van der Waals surface area contributed by atoms with Crippen LogP contribution in [0.15, 0.2) is 30.3 Å². The van der Waals surface area contributed by atoms with Crippen LogP contribution < -0.4 is 0 Å². The Hall–Kier alpha value is -0.870. The Morgan fingerprint density at radius 3 is 2.30 bits per heavy atom. The van der Waals surface area contributed by atoms with Gasteiger partial charge in [0.1, 0.15) is 0 Å². The normalized spacial score (nSPS) is 10.7. The van der Waals surface area contributed by atoms with Crippen molar-refractivity contribution in [3.8, 4) is 0 Å². The summed E-state index contributed by atoms with van der Waals surface area (Å²) in [6, 6.07) is 9.69. The molecule has 2 aromatic rings. The Morgan fingerprint density at radius 2 is 1.70 bits per heavy atom. The van der Waals surface area contributed by atoms with Gasteiger partial charge in [-0.3, -0.25) is 4.79 Å². The molecule has 0 spiro atoms. The number of carbonyl (C=O) groups excluding carboxylic acids is 1. The van der Waals surface area contributed by atoms with E-state index in [1.165, 1.54) is 16.7 Å². The number of carbonyl (C=O) groups is 1. The predicted molar refractivity (Wildman–Crippen MR) is 92.9 cm³/mol. The highest BCUT2D eigenvalue weighted by Gasteiger charge is 2.14. The van der Waals surface area contributed by atoms with Crippen LogP contribution in [-0.2, 0) is 6.42 Å². The van der Waals surface area contributed by atoms with Gasteiger partial charge in [0.05, 0.1) is 0 Å². The molecule has 0 aliphatic rings. The number of ketones is 1. The Bertz CT molecular complexity index is 654. The lowest BCUT2D eigenvalue weighted by molar-refractivity contribution is 0.0991. The number of rotatable bonds is 3. The van der Waals surface area contributed by atoms with Crippen LogP contribution in [0.5, 0.6) is 0 Å². The van der Waals surface area contributed by atoms with Gasteiger partial charge in [0, 0.05) is 20.6 Å². The second kappa shape index (κ2) is 6.27. The van der Waals surface area contributed by atoms with Crippen LogP contribution in [0, 0.1) is 24.3 Å². The number of hydrogen-bond donors (Lipinski definition) is 0. The summed E-state index contributed by atoms with van der Waals surface area (Å²) >= 11 is 8.17. The summed E-state index contributed by atoms with van der Waals surface area (Å²) in [5.41, 5.74) is 5.41. The minimum absolute atomic E-state index is 0.118. The largest absolute Gasteiger partial charge is 0.294 e. The van der Waals surface area contributed by atoms with Gasteiger partial charge in [0.25, 0.3) is 0 Å². The molecule has 0 amide bonds. The minimum Gasteiger partial charge on any atom is -0.294 e. The van der Waals surface area contributed by atoms with Crippen LogP contribution >= 0.6 is 34.2 Å². The zero-order valence-corrected chi connectivity index (χ0v) is 14.7. The van der Waals surface area contributed by atoms with E-state index in [1.54, 1.807) is 6.07 Å². The fraction of sp³-hybridized carbons (Fsp3) is 0.235. The molecule has 1 nitrogen and oxygen atoms in total. The van der Waals surface area contributed by atoms with Gasteiger partial charge < -0.3 is 0 Å². The number of aryl methyl sites for hydroxylation is 3. The van der Waals surface area contributed by atoms with Crippen molar-refractivity contribution in [2.75, 3.05) is 0 Å². The van der Waals surface area contributed by atoms with Gasteiger partial charge in [0.2, 0.25) is 0 Å². The van der Waals surface area contributed by atoms with E-state index in [9.17, 15) is 4.79 Å². The lowest BCUT2D eigenvalue weighted by atomic mass is 9.94. The van der Waals surface area contributed by atoms with Crippen molar-refractivity contribution in [2.45, 2.75) is 27.2 Å². The van der Waals surface area contributed by atoms with Crippen molar-refractivity contribution >= 4 is 40.0 Å². The highest BCUT2D eigenvalue weighted by Crippen LogP contribution is 2.22. The molecule has 0 saturated heterocycles. The van der Waals surface area contributed by atoms with Crippen LogP contribution in [0.25, 0.3) is 0 Å². The molecule has 0 atom stereocenters. The summed E-state index contributed by atoms with van der Waals surface area (Å²) < 4.78 is 0.944. The topological polar surface area (TPSA) is 17.1 Å². The van der Waals surface area contributed by atoms with Gasteiger partial charge >= 0.3 is 0 Å².